The number of unbranched alkanes of at least 4 members (excludes halogenated alkanes) is 3. The fourth-order valence-electron chi connectivity index (χ4n) is 1.64. The number of ether oxygens (including phenoxy) is 1. The van der Waals surface area contributed by atoms with Crippen LogP contribution >= 0.6 is 0 Å². The summed E-state index contributed by atoms with van der Waals surface area (Å²) in [6.45, 7) is 5.24. The van der Waals surface area contributed by atoms with E-state index in [9.17, 15) is 9.59 Å². The highest BCUT2D eigenvalue weighted by Crippen LogP contribution is 2.04. The Hall–Kier alpha value is -1.06. The molecule has 0 aliphatic rings. The number of nitrogens with zero attached hydrogens (tertiary/aromatic N) is 1. The summed E-state index contributed by atoms with van der Waals surface area (Å²) >= 11 is 0. The lowest BCUT2D eigenvalue weighted by molar-refractivity contribution is -0.141. The summed E-state index contributed by atoms with van der Waals surface area (Å²) < 4.78 is 4.58. The van der Waals surface area contributed by atoms with Gasteiger partial charge in [0, 0.05) is 19.5 Å². The van der Waals surface area contributed by atoms with Crippen molar-refractivity contribution in [3.8, 4) is 0 Å². The molecule has 0 heterocycles. The predicted molar refractivity (Wildman–Crippen MR) is 67.6 cm³/mol. The van der Waals surface area contributed by atoms with Gasteiger partial charge in [0.25, 0.3) is 0 Å². The number of rotatable bonds is 9. The first-order chi connectivity index (χ1) is 8.15. The Balaban J connectivity index is 3.97. The Bertz CT molecular complexity index is 229. The average Bonchev–Trinajstić information content (AvgIpc) is 2.36. The summed E-state index contributed by atoms with van der Waals surface area (Å²) in [6, 6.07) is 0. The zero-order valence-corrected chi connectivity index (χ0v) is 11.3. The van der Waals surface area contributed by atoms with E-state index in [1.165, 1.54) is 20.0 Å². The Kier molecular flexibility index (Phi) is 9.49. The van der Waals surface area contributed by atoms with Gasteiger partial charge in [-0.25, -0.2) is 0 Å². The lowest BCUT2D eigenvalue weighted by Crippen LogP contribution is -2.33. The van der Waals surface area contributed by atoms with E-state index < -0.39 is 0 Å². The largest absolute Gasteiger partial charge is 0.469 e. The molecular formula is C13H25NO3. The quantitative estimate of drug-likeness (QED) is 0.461. The summed E-state index contributed by atoms with van der Waals surface area (Å²) in [5, 5.41) is 0. The fraction of sp³-hybridized carbons (Fsp3) is 0.846. The van der Waals surface area contributed by atoms with Crippen LogP contribution in [-0.4, -0.2) is 37.0 Å². The van der Waals surface area contributed by atoms with Gasteiger partial charge < -0.3 is 9.64 Å². The maximum Gasteiger partial charge on any atom is 0.307 e. The van der Waals surface area contributed by atoms with Crippen LogP contribution in [0, 0.1) is 0 Å². The van der Waals surface area contributed by atoms with E-state index in [1.54, 1.807) is 4.90 Å². The standard InChI is InChI=1S/C13H25NO3/c1-4-6-7-8-10-14(12(15)5-2)11-9-13(16)17-3/h4-11H2,1-3H3. The molecule has 17 heavy (non-hydrogen) atoms. The van der Waals surface area contributed by atoms with Crippen molar-refractivity contribution in [3.63, 3.8) is 0 Å². The van der Waals surface area contributed by atoms with Crippen molar-refractivity contribution in [2.45, 2.75) is 52.4 Å². The van der Waals surface area contributed by atoms with Gasteiger partial charge in [-0.05, 0) is 6.42 Å². The number of amides is 1. The maximum absolute atomic E-state index is 11.7. The molecule has 1 amide bonds. The number of esters is 1. The second kappa shape index (κ2) is 10.1. The van der Waals surface area contributed by atoms with Gasteiger partial charge in [0.05, 0.1) is 13.5 Å². The molecular weight excluding hydrogens is 218 g/mol. The van der Waals surface area contributed by atoms with Crippen molar-refractivity contribution in [2.75, 3.05) is 20.2 Å². The molecule has 0 unspecified atom stereocenters. The van der Waals surface area contributed by atoms with Crippen molar-refractivity contribution in [3.05, 3.63) is 0 Å². The molecule has 0 aromatic carbocycles. The first-order valence-electron chi connectivity index (χ1n) is 6.50. The molecule has 0 saturated heterocycles. The van der Waals surface area contributed by atoms with Crippen LogP contribution in [0.1, 0.15) is 52.4 Å². The highest BCUT2D eigenvalue weighted by Gasteiger charge is 2.12. The minimum absolute atomic E-state index is 0.116. The summed E-state index contributed by atoms with van der Waals surface area (Å²) in [4.78, 5) is 24.5. The molecule has 0 fully saturated rings. The van der Waals surface area contributed by atoms with Gasteiger partial charge in [-0.15, -0.1) is 0 Å². The first kappa shape index (κ1) is 15.9. The van der Waals surface area contributed by atoms with Crippen LogP contribution in [0.2, 0.25) is 0 Å². The molecule has 0 aliphatic heterocycles. The highest BCUT2D eigenvalue weighted by molar-refractivity contribution is 5.76. The van der Waals surface area contributed by atoms with Gasteiger partial charge in [0.2, 0.25) is 5.91 Å². The molecule has 0 saturated carbocycles. The molecule has 0 aromatic rings. The lowest BCUT2D eigenvalue weighted by atomic mass is 10.2. The van der Waals surface area contributed by atoms with E-state index in [-0.39, 0.29) is 18.3 Å². The molecule has 0 aromatic heterocycles. The smallest absolute Gasteiger partial charge is 0.307 e. The Labute approximate surface area is 104 Å². The lowest BCUT2D eigenvalue weighted by Gasteiger charge is -2.21. The average molecular weight is 243 g/mol. The number of carbonyl (C=O) groups is 2. The number of hydrogen-bond acceptors (Lipinski definition) is 3. The maximum atomic E-state index is 11.7. The highest BCUT2D eigenvalue weighted by atomic mass is 16.5. The van der Waals surface area contributed by atoms with E-state index >= 15 is 0 Å². The van der Waals surface area contributed by atoms with Gasteiger partial charge in [0.1, 0.15) is 0 Å². The van der Waals surface area contributed by atoms with E-state index in [1.807, 2.05) is 6.92 Å². The van der Waals surface area contributed by atoms with Crippen LogP contribution in [0.5, 0.6) is 0 Å². The molecule has 0 atom stereocenters. The molecule has 0 bridgehead atoms. The molecule has 100 valence electrons. The fourth-order valence-corrected chi connectivity index (χ4v) is 1.64. The van der Waals surface area contributed by atoms with Gasteiger partial charge >= 0.3 is 5.97 Å². The normalized spacial score (nSPS) is 10.1. The minimum Gasteiger partial charge on any atom is -0.469 e. The second-order valence-electron chi connectivity index (χ2n) is 4.12. The summed E-state index contributed by atoms with van der Waals surface area (Å²) in [5.41, 5.74) is 0. The van der Waals surface area contributed by atoms with Crippen LogP contribution in [0.4, 0.5) is 0 Å². The van der Waals surface area contributed by atoms with Crippen LogP contribution in [0.25, 0.3) is 0 Å². The van der Waals surface area contributed by atoms with Gasteiger partial charge in [-0.3, -0.25) is 9.59 Å². The molecule has 0 spiro atoms. The Morgan fingerprint density at radius 3 is 2.29 bits per heavy atom. The summed E-state index contributed by atoms with van der Waals surface area (Å²) in [6.07, 6.45) is 5.32. The monoisotopic (exact) mass is 243 g/mol. The molecule has 4 nitrogen and oxygen atoms in total. The van der Waals surface area contributed by atoms with Crippen molar-refractivity contribution < 1.29 is 14.3 Å². The van der Waals surface area contributed by atoms with Crippen LogP contribution in [0.15, 0.2) is 0 Å². The second-order valence-corrected chi connectivity index (χ2v) is 4.12. The minimum atomic E-state index is -0.257. The van der Waals surface area contributed by atoms with Crippen LogP contribution < -0.4 is 0 Å². The van der Waals surface area contributed by atoms with Gasteiger partial charge in [-0.1, -0.05) is 33.1 Å². The predicted octanol–water partition coefficient (Wildman–Crippen LogP) is 2.37. The van der Waals surface area contributed by atoms with Gasteiger partial charge in [-0.2, -0.15) is 0 Å². The molecule has 0 aliphatic carbocycles. The van der Waals surface area contributed by atoms with E-state index in [0.29, 0.717) is 13.0 Å². The third-order valence-corrected chi connectivity index (χ3v) is 2.75. The van der Waals surface area contributed by atoms with Crippen LogP contribution in [0.3, 0.4) is 0 Å². The molecule has 4 heteroatoms. The zero-order chi connectivity index (χ0) is 13.1. The Morgan fingerprint density at radius 2 is 1.76 bits per heavy atom. The van der Waals surface area contributed by atoms with E-state index in [2.05, 4.69) is 11.7 Å². The van der Waals surface area contributed by atoms with E-state index in [0.717, 1.165) is 19.4 Å². The third-order valence-electron chi connectivity index (χ3n) is 2.75. The zero-order valence-electron chi connectivity index (χ0n) is 11.3. The van der Waals surface area contributed by atoms with Crippen molar-refractivity contribution in [1.29, 1.82) is 0 Å². The molecule has 0 N–H and O–H groups in total. The SMILES string of the molecule is CCCCCCN(CCC(=O)OC)C(=O)CC. The molecule has 0 radical (unpaired) electrons. The first-order valence-corrected chi connectivity index (χ1v) is 6.50. The number of carbonyl (C=O) groups excluding carboxylic acids is 2. The van der Waals surface area contributed by atoms with Crippen molar-refractivity contribution >= 4 is 11.9 Å². The number of methoxy groups -OCH3 is 1. The number of hydrogen-bond donors (Lipinski definition) is 0. The van der Waals surface area contributed by atoms with Crippen molar-refractivity contribution in [2.24, 2.45) is 0 Å². The third kappa shape index (κ3) is 7.77. The van der Waals surface area contributed by atoms with Gasteiger partial charge in [0.15, 0.2) is 0 Å². The van der Waals surface area contributed by atoms with Crippen molar-refractivity contribution in [1.82, 2.24) is 4.90 Å². The topological polar surface area (TPSA) is 46.6 Å². The summed E-state index contributed by atoms with van der Waals surface area (Å²) in [5.74, 6) is -0.141. The van der Waals surface area contributed by atoms with Crippen LogP contribution in [-0.2, 0) is 14.3 Å². The summed E-state index contributed by atoms with van der Waals surface area (Å²) in [7, 11) is 1.37. The molecule has 0 rings (SSSR count). The van der Waals surface area contributed by atoms with E-state index in [4.69, 9.17) is 0 Å². The Morgan fingerprint density at radius 1 is 1.06 bits per heavy atom.